The number of nitrogens with one attached hydrogen (secondary N) is 1. The van der Waals surface area contributed by atoms with Crippen molar-refractivity contribution < 1.29 is 0 Å². The smallest absolute Gasteiger partial charge is 0.203 e. The van der Waals surface area contributed by atoms with Crippen molar-refractivity contribution in [1.29, 1.82) is 0 Å². The van der Waals surface area contributed by atoms with E-state index < -0.39 is 0 Å². The minimum Gasteiger partial charge on any atom is -0.352 e. The number of aryl methyl sites for hydroxylation is 1. The van der Waals surface area contributed by atoms with Crippen LogP contribution in [0.25, 0.3) is 0 Å². The maximum Gasteiger partial charge on any atom is 0.203 e. The molecule has 4 nitrogen and oxygen atoms in total. The van der Waals surface area contributed by atoms with E-state index in [1.54, 1.807) is 0 Å². The van der Waals surface area contributed by atoms with Crippen LogP contribution in [0.4, 0.5) is 5.95 Å². The lowest BCUT2D eigenvalue weighted by Gasteiger charge is -2.37. The third kappa shape index (κ3) is 3.00. The molecule has 19 heavy (non-hydrogen) atoms. The molecule has 1 aromatic heterocycles. The first-order valence-corrected chi connectivity index (χ1v) is 7.13. The van der Waals surface area contributed by atoms with E-state index in [4.69, 9.17) is 0 Å². The molecule has 1 aliphatic carbocycles. The molecule has 1 saturated carbocycles. The van der Waals surface area contributed by atoms with Gasteiger partial charge in [-0.3, -0.25) is 0 Å². The molecule has 4 heteroatoms. The van der Waals surface area contributed by atoms with Crippen LogP contribution < -0.4 is 5.32 Å². The Bertz CT molecular complexity index is 427. The van der Waals surface area contributed by atoms with Crippen LogP contribution in [0.3, 0.4) is 0 Å². The topological polar surface area (TPSA) is 33.1 Å². The number of likely N-dealkylation sites (N-methyl/N-ethyl adjacent to an activating group) is 1. The van der Waals surface area contributed by atoms with Crippen molar-refractivity contribution in [2.75, 3.05) is 26.0 Å². The first-order chi connectivity index (χ1) is 9.07. The molecule has 1 N–H and O–H groups in total. The Balaban J connectivity index is 2.19. The molecular weight excluding hydrogens is 236 g/mol. The fraction of sp³-hybridized carbons (Fsp3) is 0.667. The second-order valence-electron chi connectivity index (χ2n) is 5.83. The largest absolute Gasteiger partial charge is 0.352 e. The Morgan fingerprint density at radius 2 is 2.16 bits per heavy atom. The average molecular weight is 262 g/mol. The van der Waals surface area contributed by atoms with Gasteiger partial charge < -0.3 is 14.8 Å². The molecule has 0 spiro atoms. The zero-order valence-corrected chi connectivity index (χ0v) is 12.4. The number of anilines is 1. The quantitative estimate of drug-likeness (QED) is 0.800. The molecule has 0 atom stereocenters. The number of imidazole rings is 1. The van der Waals surface area contributed by atoms with Crippen molar-refractivity contribution in [2.24, 2.45) is 0 Å². The summed E-state index contributed by atoms with van der Waals surface area (Å²) in [5.41, 5.74) is 1.36. The van der Waals surface area contributed by atoms with Crippen molar-refractivity contribution >= 4 is 5.95 Å². The number of rotatable bonds is 6. The zero-order chi connectivity index (χ0) is 13.9. The molecule has 2 rings (SSSR count). The monoisotopic (exact) mass is 262 g/mol. The first-order valence-electron chi connectivity index (χ1n) is 7.13. The molecule has 0 unspecified atom stereocenters. The van der Waals surface area contributed by atoms with Crippen LogP contribution in [-0.2, 0) is 6.54 Å². The summed E-state index contributed by atoms with van der Waals surface area (Å²) < 4.78 is 2.27. The van der Waals surface area contributed by atoms with Crippen molar-refractivity contribution in [2.45, 2.75) is 44.7 Å². The van der Waals surface area contributed by atoms with Gasteiger partial charge in [0.05, 0.1) is 5.69 Å². The van der Waals surface area contributed by atoms with Crippen LogP contribution >= 0.6 is 0 Å². The summed E-state index contributed by atoms with van der Waals surface area (Å²) in [5, 5.41) is 3.33. The summed E-state index contributed by atoms with van der Waals surface area (Å²) in [6, 6.07) is 0. The molecule has 1 aromatic rings. The van der Waals surface area contributed by atoms with Gasteiger partial charge in [-0.25, -0.2) is 4.98 Å². The SMILES string of the molecule is C=CCNc1nc(C)cn1CC1(N(C)C)CCCC1. The van der Waals surface area contributed by atoms with Crippen molar-refractivity contribution in [3.05, 3.63) is 24.5 Å². The van der Waals surface area contributed by atoms with Gasteiger partial charge in [0.15, 0.2) is 0 Å². The van der Waals surface area contributed by atoms with Crippen LogP contribution in [0.2, 0.25) is 0 Å². The number of hydrogen-bond acceptors (Lipinski definition) is 3. The highest BCUT2D eigenvalue weighted by atomic mass is 15.2. The van der Waals surface area contributed by atoms with Crippen molar-refractivity contribution in [3.63, 3.8) is 0 Å². The lowest BCUT2D eigenvalue weighted by Crippen LogP contribution is -2.45. The predicted octanol–water partition coefficient (Wildman–Crippen LogP) is 2.66. The van der Waals surface area contributed by atoms with E-state index in [-0.39, 0.29) is 5.54 Å². The van der Waals surface area contributed by atoms with Crippen molar-refractivity contribution in [1.82, 2.24) is 14.5 Å². The molecule has 0 bridgehead atoms. The fourth-order valence-electron chi connectivity index (χ4n) is 3.07. The predicted molar refractivity (Wildman–Crippen MR) is 80.5 cm³/mol. The highest BCUT2D eigenvalue weighted by molar-refractivity contribution is 5.30. The molecule has 0 radical (unpaired) electrons. The summed E-state index contributed by atoms with van der Waals surface area (Å²) in [5.74, 6) is 0.963. The van der Waals surface area contributed by atoms with Gasteiger partial charge in [0.2, 0.25) is 5.95 Å². The molecule has 1 fully saturated rings. The number of nitrogens with zero attached hydrogens (tertiary/aromatic N) is 3. The van der Waals surface area contributed by atoms with E-state index in [0.29, 0.717) is 0 Å². The van der Waals surface area contributed by atoms with Gasteiger partial charge in [0.25, 0.3) is 0 Å². The van der Waals surface area contributed by atoms with E-state index in [0.717, 1.165) is 24.7 Å². The van der Waals surface area contributed by atoms with Crippen LogP contribution in [0, 0.1) is 6.92 Å². The van der Waals surface area contributed by atoms with E-state index in [2.05, 4.69) is 46.6 Å². The molecule has 0 amide bonds. The highest BCUT2D eigenvalue weighted by Gasteiger charge is 2.36. The maximum absolute atomic E-state index is 4.57. The maximum atomic E-state index is 4.57. The lowest BCUT2D eigenvalue weighted by atomic mass is 9.96. The molecule has 1 aliphatic rings. The minimum absolute atomic E-state index is 0.289. The lowest BCUT2D eigenvalue weighted by molar-refractivity contribution is 0.134. The molecule has 106 valence electrons. The van der Waals surface area contributed by atoms with Gasteiger partial charge >= 0.3 is 0 Å². The van der Waals surface area contributed by atoms with Gasteiger partial charge in [-0.2, -0.15) is 0 Å². The fourth-order valence-corrected chi connectivity index (χ4v) is 3.07. The standard InChI is InChI=1S/C15H26N4/c1-5-10-16-14-17-13(2)11-19(14)12-15(18(3)4)8-6-7-9-15/h5,11H,1,6-10,12H2,2-4H3,(H,16,17). The Morgan fingerprint density at radius 3 is 2.74 bits per heavy atom. The summed E-state index contributed by atoms with van der Waals surface area (Å²) in [6.07, 6.45) is 9.24. The highest BCUT2D eigenvalue weighted by Crippen LogP contribution is 2.35. The van der Waals surface area contributed by atoms with Crippen LogP contribution in [0.15, 0.2) is 18.9 Å². The van der Waals surface area contributed by atoms with Gasteiger partial charge in [-0.1, -0.05) is 18.9 Å². The molecule has 0 aliphatic heterocycles. The molecule has 1 heterocycles. The van der Waals surface area contributed by atoms with Crippen LogP contribution in [0.1, 0.15) is 31.4 Å². The number of hydrogen-bond donors (Lipinski definition) is 1. The Morgan fingerprint density at radius 1 is 1.47 bits per heavy atom. The van der Waals surface area contributed by atoms with E-state index in [1.165, 1.54) is 25.7 Å². The Hall–Kier alpha value is -1.29. The summed E-state index contributed by atoms with van der Waals surface area (Å²) in [4.78, 5) is 6.96. The van der Waals surface area contributed by atoms with Gasteiger partial charge in [-0.15, -0.1) is 6.58 Å². The third-order valence-corrected chi connectivity index (χ3v) is 4.25. The number of aromatic nitrogens is 2. The van der Waals surface area contributed by atoms with Crippen molar-refractivity contribution in [3.8, 4) is 0 Å². The average Bonchev–Trinajstić information content (AvgIpc) is 2.95. The van der Waals surface area contributed by atoms with Gasteiger partial charge in [0, 0.05) is 24.8 Å². The normalized spacial score (nSPS) is 17.9. The summed E-state index contributed by atoms with van der Waals surface area (Å²) in [7, 11) is 4.40. The second-order valence-corrected chi connectivity index (χ2v) is 5.83. The molecule has 0 saturated heterocycles. The molecular formula is C15H26N4. The van der Waals surface area contributed by atoms with E-state index in [1.807, 2.05) is 13.0 Å². The van der Waals surface area contributed by atoms with E-state index in [9.17, 15) is 0 Å². The van der Waals surface area contributed by atoms with Crippen LogP contribution in [-0.4, -0.2) is 40.6 Å². The Kier molecular flexibility index (Phi) is 4.30. The second kappa shape index (κ2) is 5.78. The van der Waals surface area contributed by atoms with Gasteiger partial charge in [-0.05, 0) is 33.9 Å². The van der Waals surface area contributed by atoms with Crippen LogP contribution in [0.5, 0.6) is 0 Å². The third-order valence-electron chi connectivity index (χ3n) is 4.25. The summed E-state index contributed by atoms with van der Waals surface area (Å²) in [6.45, 7) is 7.57. The molecule has 0 aromatic carbocycles. The van der Waals surface area contributed by atoms with E-state index >= 15 is 0 Å². The van der Waals surface area contributed by atoms with Gasteiger partial charge in [0.1, 0.15) is 0 Å². The Labute approximate surface area is 116 Å². The first kappa shape index (κ1) is 14.1. The minimum atomic E-state index is 0.289. The summed E-state index contributed by atoms with van der Waals surface area (Å²) >= 11 is 0. The zero-order valence-electron chi connectivity index (χ0n) is 12.4.